The number of hydrogen-bond acceptors (Lipinski definition) is 5. The first-order valence-electron chi connectivity index (χ1n) is 5.76. The van der Waals surface area contributed by atoms with Gasteiger partial charge in [0.15, 0.2) is 0 Å². The molecule has 0 aliphatic rings. The molecule has 5 nitrogen and oxygen atoms in total. The van der Waals surface area contributed by atoms with Gasteiger partial charge in [-0.2, -0.15) is 0 Å². The lowest BCUT2D eigenvalue weighted by Gasteiger charge is -2.10. The van der Waals surface area contributed by atoms with Crippen LogP contribution in [0.15, 0.2) is 35.2 Å². The maximum atomic E-state index is 11.3. The number of hydrogen-bond donors (Lipinski definition) is 3. The largest absolute Gasteiger partial charge is 0.397 e. The van der Waals surface area contributed by atoms with Crippen molar-refractivity contribution in [2.75, 3.05) is 17.6 Å². The molecule has 5 N–H and O–H groups in total. The van der Waals surface area contributed by atoms with Crippen molar-refractivity contribution in [3.63, 3.8) is 0 Å². The molecule has 0 fully saturated rings. The van der Waals surface area contributed by atoms with Crippen LogP contribution >= 0.6 is 22.9 Å². The molecule has 0 spiro atoms. The molecule has 0 amide bonds. The van der Waals surface area contributed by atoms with E-state index < -0.39 is 10.0 Å². The molecule has 0 radical (unpaired) electrons. The van der Waals surface area contributed by atoms with Crippen molar-refractivity contribution in [1.82, 2.24) is 0 Å². The highest BCUT2D eigenvalue weighted by atomic mass is 35.5. The van der Waals surface area contributed by atoms with E-state index in [9.17, 15) is 8.42 Å². The summed E-state index contributed by atoms with van der Waals surface area (Å²) in [7, 11) is -3.73. The second-order valence-corrected chi connectivity index (χ2v) is 7.54. The van der Waals surface area contributed by atoms with Crippen molar-refractivity contribution in [3.05, 3.63) is 39.5 Å². The third kappa shape index (κ3) is 3.86. The minimum Gasteiger partial charge on any atom is -0.397 e. The fraction of sp³-hybridized carbons (Fsp3) is 0.167. The number of thiophene rings is 1. The van der Waals surface area contributed by atoms with Gasteiger partial charge in [-0.1, -0.05) is 11.6 Å². The van der Waals surface area contributed by atoms with Gasteiger partial charge in [0, 0.05) is 11.4 Å². The molecule has 0 atom stereocenters. The monoisotopic (exact) mass is 331 g/mol. The molecule has 8 heteroatoms. The van der Waals surface area contributed by atoms with Gasteiger partial charge >= 0.3 is 0 Å². The quantitative estimate of drug-likeness (QED) is 0.732. The Bertz CT molecular complexity index is 713. The zero-order valence-electron chi connectivity index (χ0n) is 10.5. The molecule has 1 heterocycles. The van der Waals surface area contributed by atoms with Crippen molar-refractivity contribution in [1.29, 1.82) is 0 Å². The summed E-state index contributed by atoms with van der Waals surface area (Å²) >= 11 is 7.36. The summed E-state index contributed by atoms with van der Waals surface area (Å²) in [5, 5.41) is 8.19. The van der Waals surface area contributed by atoms with Gasteiger partial charge in [-0.25, -0.2) is 13.6 Å². The van der Waals surface area contributed by atoms with Gasteiger partial charge in [0.05, 0.1) is 20.6 Å². The second kappa shape index (κ2) is 6.01. The summed E-state index contributed by atoms with van der Waals surface area (Å²) in [4.78, 5) is 1.18. The first-order chi connectivity index (χ1) is 9.36. The summed E-state index contributed by atoms with van der Waals surface area (Å²) in [6.07, 6.45) is 0.774. The zero-order chi connectivity index (χ0) is 14.8. The standard InChI is InChI=1S/C12H14ClN3O2S2/c13-12-4-1-8(19-12)5-6-16-11-7-9(20(15,17)18)2-3-10(11)14/h1-4,7,16H,5-6,14H2,(H2,15,17,18). The van der Waals surface area contributed by atoms with Gasteiger partial charge in [0.25, 0.3) is 0 Å². The Morgan fingerprint density at radius 3 is 2.60 bits per heavy atom. The number of primary sulfonamides is 1. The molecule has 20 heavy (non-hydrogen) atoms. The van der Waals surface area contributed by atoms with E-state index in [4.69, 9.17) is 22.5 Å². The maximum Gasteiger partial charge on any atom is 0.238 e. The van der Waals surface area contributed by atoms with Crippen LogP contribution in [0.4, 0.5) is 11.4 Å². The minimum absolute atomic E-state index is 0.0355. The Morgan fingerprint density at radius 2 is 2.00 bits per heavy atom. The summed E-state index contributed by atoms with van der Waals surface area (Å²) in [6.45, 7) is 0.620. The van der Waals surface area contributed by atoms with E-state index in [1.165, 1.54) is 29.5 Å². The molecule has 2 rings (SSSR count). The van der Waals surface area contributed by atoms with Crippen LogP contribution in [0.2, 0.25) is 4.34 Å². The van der Waals surface area contributed by atoms with Crippen molar-refractivity contribution < 1.29 is 8.42 Å². The summed E-state index contributed by atoms with van der Waals surface area (Å²) in [6, 6.07) is 8.14. The predicted molar refractivity (Wildman–Crippen MR) is 83.8 cm³/mol. The Hall–Kier alpha value is -1.28. The molecule has 0 aliphatic carbocycles. The van der Waals surface area contributed by atoms with Crippen molar-refractivity contribution >= 4 is 44.3 Å². The number of sulfonamides is 1. The van der Waals surface area contributed by atoms with Gasteiger partial charge in [-0.3, -0.25) is 0 Å². The van der Waals surface area contributed by atoms with Gasteiger partial charge in [0.2, 0.25) is 10.0 Å². The van der Waals surface area contributed by atoms with Crippen LogP contribution in [0, 0.1) is 0 Å². The van der Waals surface area contributed by atoms with E-state index in [0.29, 0.717) is 17.9 Å². The zero-order valence-corrected chi connectivity index (χ0v) is 12.9. The highest BCUT2D eigenvalue weighted by molar-refractivity contribution is 7.89. The number of anilines is 2. The number of nitrogens with one attached hydrogen (secondary N) is 1. The first-order valence-corrected chi connectivity index (χ1v) is 8.51. The molecule has 108 valence electrons. The Morgan fingerprint density at radius 1 is 1.25 bits per heavy atom. The molecule has 0 bridgehead atoms. The molecule has 0 unspecified atom stereocenters. The van der Waals surface area contributed by atoms with Crippen LogP contribution in [0.1, 0.15) is 4.88 Å². The van der Waals surface area contributed by atoms with Crippen LogP contribution in [0.5, 0.6) is 0 Å². The van der Waals surface area contributed by atoms with E-state index in [-0.39, 0.29) is 4.90 Å². The van der Waals surface area contributed by atoms with Crippen LogP contribution < -0.4 is 16.2 Å². The molecule has 0 aliphatic heterocycles. The van der Waals surface area contributed by atoms with Crippen LogP contribution in [-0.2, 0) is 16.4 Å². The second-order valence-electron chi connectivity index (χ2n) is 4.18. The SMILES string of the molecule is Nc1ccc(S(N)(=O)=O)cc1NCCc1ccc(Cl)s1. The fourth-order valence-corrected chi connectivity index (χ4v) is 3.30. The third-order valence-electron chi connectivity index (χ3n) is 2.67. The van der Waals surface area contributed by atoms with Crippen LogP contribution in [-0.4, -0.2) is 15.0 Å². The number of halogens is 1. The first kappa shape index (κ1) is 15.1. The molecular weight excluding hydrogens is 318 g/mol. The van der Waals surface area contributed by atoms with Gasteiger partial charge < -0.3 is 11.1 Å². The molecule has 1 aromatic carbocycles. The van der Waals surface area contributed by atoms with Crippen LogP contribution in [0.25, 0.3) is 0 Å². The van der Waals surface area contributed by atoms with E-state index in [1.54, 1.807) is 0 Å². The van der Waals surface area contributed by atoms with Crippen LogP contribution in [0.3, 0.4) is 0 Å². The molecular formula is C12H14ClN3O2S2. The minimum atomic E-state index is -3.73. The number of benzene rings is 1. The lowest BCUT2D eigenvalue weighted by molar-refractivity contribution is 0.598. The third-order valence-corrected chi connectivity index (χ3v) is 4.87. The number of nitrogens with two attached hydrogens (primary N) is 2. The lowest BCUT2D eigenvalue weighted by atomic mass is 10.2. The average molecular weight is 332 g/mol. The lowest BCUT2D eigenvalue weighted by Crippen LogP contribution is -2.13. The summed E-state index contributed by atoms with van der Waals surface area (Å²) < 4.78 is 23.3. The highest BCUT2D eigenvalue weighted by Crippen LogP contribution is 2.24. The Labute approximate surface area is 126 Å². The fourth-order valence-electron chi connectivity index (χ4n) is 1.67. The Kier molecular flexibility index (Phi) is 4.54. The molecule has 0 saturated carbocycles. The number of nitrogen functional groups attached to an aromatic ring is 1. The summed E-state index contributed by atoms with van der Waals surface area (Å²) in [5.41, 5.74) is 6.83. The number of rotatable bonds is 5. The molecule has 2 aromatic rings. The molecule has 0 saturated heterocycles. The average Bonchev–Trinajstić information content (AvgIpc) is 2.76. The predicted octanol–water partition coefficient (Wildman–Crippen LogP) is 2.29. The smallest absolute Gasteiger partial charge is 0.238 e. The van der Waals surface area contributed by atoms with Gasteiger partial charge in [-0.15, -0.1) is 11.3 Å². The topological polar surface area (TPSA) is 98.2 Å². The normalized spacial score (nSPS) is 11.5. The van der Waals surface area contributed by atoms with E-state index in [0.717, 1.165) is 15.6 Å². The van der Waals surface area contributed by atoms with Crippen molar-refractivity contribution in [2.45, 2.75) is 11.3 Å². The molecule has 1 aromatic heterocycles. The van der Waals surface area contributed by atoms with Crippen molar-refractivity contribution in [2.24, 2.45) is 5.14 Å². The van der Waals surface area contributed by atoms with Crippen molar-refractivity contribution in [3.8, 4) is 0 Å². The highest BCUT2D eigenvalue weighted by Gasteiger charge is 2.10. The van der Waals surface area contributed by atoms with Gasteiger partial charge in [0.1, 0.15) is 0 Å². The van der Waals surface area contributed by atoms with E-state index >= 15 is 0 Å². The Balaban J connectivity index is 2.05. The maximum absolute atomic E-state index is 11.3. The van der Waals surface area contributed by atoms with Gasteiger partial charge in [-0.05, 0) is 36.8 Å². The van der Waals surface area contributed by atoms with E-state index in [1.807, 2.05) is 12.1 Å². The summed E-state index contributed by atoms with van der Waals surface area (Å²) in [5.74, 6) is 0. The van der Waals surface area contributed by atoms with E-state index in [2.05, 4.69) is 5.32 Å².